The van der Waals surface area contributed by atoms with Gasteiger partial charge in [-0.1, -0.05) is 24.3 Å². The van der Waals surface area contributed by atoms with E-state index in [9.17, 15) is 5.11 Å². The fraction of sp³-hybridized carbons (Fsp3) is 0.0625. The van der Waals surface area contributed by atoms with Gasteiger partial charge in [0.2, 0.25) is 0 Å². The van der Waals surface area contributed by atoms with Gasteiger partial charge in [0.05, 0.1) is 5.70 Å². The number of anilines is 1. The van der Waals surface area contributed by atoms with Crippen molar-refractivity contribution in [3.05, 3.63) is 65.9 Å². The Morgan fingerprint density at radius 1 is 1.25 bits per heavy atom. The van der Waals surface area contributed by atoms with E-state index in [2.05, 4.69) is 15.3 Å². The number of hydrogen-bond donors (Lipinski definition) is 3. The van der Waals surface area contributed by atoms with Crippen LogP contribution in [0.15, 0.2) is 70.9 Å². The molecule has 4 heteroatoms. The smallest absolute Gasteiger partial charge is 0.178 e. The van der Waals surface area contributed by atoms with Crippen LogP contribution in [0.5, 0.6) is 0 Å². The number of aromatic amines is 1. The molecule has 0 bridgehead atoms. The second-order valence-corrected chi connectivity index (χ2v) is 4.98. The van der Waals surface area contributed by atoms with Crippen molar-refractivity contribution in [1.82, 2.24) is 4.98 Å². The number of H-pyrrole nitrogens is 1. The number of allylic oxidation sites excluding steroid dienone is 2. The zero-order chi connectivity index (χ0) is 13.6. The van der Waals surface area contributed by atoms with Crippen LogP contribution in [0.1, 0.15) is 0 Å². The summed E-state index contributed by atoms with van der Waals surface area (Å²) in [4.78, 5) is 7.46. The van der Waals surface area contributed by atoms with Crippen molar-refractivity contribution in [1.29, 1.82) is 0 Å². The topological polar surface area (TPSA) is 60.4 Å². The molecule has 1 aromatic heterocycles. The van der Waals surface area contributed by atoms with Gasteiger partial charge >= 0.3 is 0 Å². The lowest BCUT2D eigenvalue weighted by Gasteiger charge is -2.26. The average molecular weight is 263 g/mol. The van der Waals surface area contributed by atoms with Crippen LogP contribution in [0.2, 0.25) is 0 Å². The number of aliphatic imine (C=N–C) groups is 1. The number of hydrogen-bond acceptors (Lipinski definition) is 3. The van der Waals surface area contributed by atoms with E-state index < -0.39 is 5.72 Å². The number of rotatable bonds is 2. The summed E-state index contributed by atoms with van der Waals surface area (Å²) in [6.45, 7) is 0. The number of aromatic nitrogens is 1. The predicted molar refractivity (Wildman–Crippen MR) is 80.7 cm³/mol. The molecule has 0 saturated carbocycles. The third-order valence-corrected chi connectivity index (χ3v) is 3.50. The Morgan fingerprint density at radius 2 is 2.15 bits per heavy atom. The third kappa shape index (κ3) is 1.78. The highest BCUT2D eigenvalue weighted by atomic mass is 16.3. The monoisotopic (exact) mass is 263 g/mol. The van der Waals surface area contributed by atoms with Gasteiger partial charge in [-0.3, -0.25) is 4.99 Å². The van der Waals surface area contributed by atoms with Gasteiger partial charge in [-0.15, -0.1) is 0 Å². The minimum atomic E-state index is -1.23. The number of aliphatic hydroxyl groups is 1. The molecule has 1 aromatic carbocycles. The summed E-state index contributed by atoms with van der Waals surface area (Å²) < 4.78 is 0. The fourth-order valence-electron chi connectivity index (χ4n) is 2.53. The molecular formula is C16H13N3O. The molecule has 1 aliphatic carbocycles. The first-order chi connectivity index (χ1) is 9.72. The summed E-state index contributed by atoms with van der Waals surface area (Å²) in [7, 11) is 0. The first-order valence-corrected chi connectivity index (χ1v) is 6.47. The van der Waals surface area contributed by atoms with Crippen molar-refractivity contribution in [3.8, 4) is 0 Å². The number of benzene rings is 1. The van der Waals surface area contributed by atoms with E-state index in [1.165, 1.54) is 0 Å². The minimum Gasteiger partial charge on any atom is -0.364 e. The lowest BCUT2D eigenvalue weighted by Crippen LogP contribution is -2.35. The first-order valence-electron chi connectivity index (χ1n) is 6.47. The summed E-state index contributed by atoms with van der Waals surface area (Å²) in [6, 6.07) is 9.97. The van der Waals surface area contributed by atoms with Crippen LogP contribution in [0.25, 0.3) is 10.9 Å². The molecule has 20 heavy (non-hydrogen) atoms. The lowest BCUT2D eigenvalue weighted by atomic mass is 10.0. The Bertz CT molecular complexity index is 777. The molecule has 0 amide bonds. The molecule has 3 N–H and O–H groups in total. The maximum Gasteiger partial charge on any atom is 0.178 e. The molecule has 1 aliphatic heterocycles. The van der Waals surface area contributed by atoms with Crippen LogP contribution in [0.4, 0.5) is 5.82 Å². The predicted octanol–water partition coefficient (Wildman–Crippen LogP) is 2.73. The van der Waals surface area contributed by atoms with E-state index in [4.69, 9.17) is 0 Å². The highest BCUT2D eigenvalue weighted by Gasteiger charge is 2.27. The van der Waals surface area contributed by atoms with Crippen molar-refractivity contribution < 1.29 is 5.11 Å². The van der Waals surface area contributed by atoms with Gasteiger partial charge in [-0.25, -0.2) is 0 Å². The van der Waals surface area contributed by atoms with E-state index in [1.807, 2.05) is 42.5 Å². The van der Waals surface area contributed by atoms with Gasteiger partial charge in [0.25, 0.3) is 0 Å². The van der Waals surface area contributed by atoms with Crippen LogP contribution in [-0.2, 0) is 0 Å². The van der Waals surface area contributed by atoms with Gasteiger partial charge in [0, 0.05) is 22.7 Å². The van der Waals surface area contributed by atoms with E-state index in [-0.39, 0.29) is 0 Å². The molecule has 0 spiro atoms. The van der Waals surface area contributed by atoms with Gasteiger partial charge in [-0.2, -0.15) is 0 Å². The average Bonchev–Trinajstić information content (AvgIpc) is 3.02. The van der Waals surface area contributed by atoms with E-state index in [0.29, 0.717) is 0 Å². The SMILES string of the molecule is OC1(Nc2cc3ccccc3[nH]2)C=CC2=CC=NC2=C1. The van der Waals surface area contributed by atoms with Crippen molar-refractivity contribution in [3.63, 3.8) is 0 Å². The van der Waals surface area contributed by atoms with E-state index in [1.54, 1.807) is 18.4 Å². The largest absolute Gasteiger partial charge is 0.364 e. The fourth-order valence-corrected chi connectivity index (χ4v) is 2.53. The summed E-state index contributed by atoms with van der Waals surface area (Å²) in [5.41, 5.74) is 1.62. The normalized spacial score (nSPS) is 23.6. The zero-order valence-electron chi connectivity index (χ0n) is 10.7. The highest BCUT2D eigenvalue weighted by molar-refractivity contribution is 5.84. The van der Waals surface area contributed by atoms with Crippen LogP contribution >= 0.6 is 0 Å². The molecule has 2 heterocycles. The molecule has 2 aromatic rings. The minimum absolute atomic E-state index is 0.768. The van der Waals surface area contributed by atoms with Crippen LogP contribution < -0.4 is 5.32 Å². The molecule has 0 radical (unpaired) electrons. The molecule has 0 fully saturated rings. The third-order valence-electron chi connectivity index (χ3n) is 3.50. The Balaban J connectivity index is 1.68. The molecule has 1 atom stereocenters. The summed E-state index contributed by atoms with van der Waals surface area (Å²) >= 11 is 0. The van der Waals surface area contributed by atoms with Gasteiger partial charge in [-0.05, 0) is 30.4 Å². The van der Waals surface area contributed by atoms with E-state index in [0.717, 1.165) is 28.0 Å². The lowest BCUT2D eigenvalue weighted by molar-refractivity contribution is 0.171. The van der Waals surface area contributed by atoms with Crippen molar-refractivity contribution in [2.24, 2.45) is 4.99 Å². The Morgan fingerprint density at radius 3 is 3.05 bits per heavy atom. The molecule has 4 rings (SSSR count). The van der Waals surface area contributed by atoms with Gasteiger partial charge < -0.3 is 15.4 Å². The van der Waals surface area contributed by atoms with Crippen molar-refractivity contribution >= 4 is 22.9 Å². The van der Waals surface area contributed by atoms with Crippen LogP contribution in [0.3, 0.4) is 0 Å². The van der Waals surface area contributed by atoms with Crippen molar-refractivity contribution in [2.45, 2.75) is 5.72 Å². The second-order valence-electron chi connectivity index (χ2n) is 4.98. The molecule has 4 nitrogen and oxygen atoms in total. The Labute approximate surface area is 115 Å². The number of nitrogens with zero attached hydrogens (tertiary/aromatic N) is 1. The van der Waals surface area contributed by atoms with Gasteiger partial charge in [0.15, 0.2) is 5.72 Å². The molecular weight excluding hydrogens is 250 g/mol. The van der Waals surface area contributed by atoms with Crippen LogP contribution in [0, 0.1) is 0 Å². The highest BCUT2D eigenvalue weighted by Crippen LogP contribution is 2.29. The Kier molecular flexibility index (Phi) is 2.22. The number of nitrogens with one attached hydrogen (secondary N) is 2. The summed E-state index contributed by atoms with van der Waals surface area (Å²) in [5, 5.41) is 14.8. The van der Waals surface area contributed by atoms with Crippen molar-refractivity contribution in [2.75, 3.05) is 5.32 Å². The standard InChI is InChI=1S/C16H13N3O/c20-16(7-5-11-6-8-17-14(11)10-16)19-15-9-12-3-1-2-4-13(12)18-15/h1-10,18-20H. The van der Waals surface area contributed by atoms with E-state index >= 15 is 0 Å². The number of para-hydroxylation sites is 1. The molecule has 98 valence electrons. The van der Waals surface area contributed by atoms with Crippen LogP contribution in [-0.4, -0.2) is 22.0 Å². The van der Waals surface area contributed by atoms with Gasteiger partial charge in [0.1, 0.15) is 5.82 Å². The zero-order valence-corrected chi connectivity index (χ0v) is 10.7. The summed E-state index contributed by atoms with van der Waals surface area (Å²) in [5.74, 6) is 0.768. The molecule has 2 aliphatic rings. The first kappa shape index (κ1) is 11.3. The Hall–Kier alpha value is -2.59. The molecule has 0 saturated heterocycles. The quantitative estimate of drug-likeness (QED) is 0.730. The number of fused-ring (bicyclic) bond motifs is 2. The maximum absolute atomic E-state index is 10.6. The summed E-state index contributed by atoms with van der Waals surface area (Å²) in [6.07, 6.45) is 8.97. The molecule has 1 unspecified atom stereocenters. The second kappa shape index (κ2) is 3.95. The maximum atomic E-state index is 10.6.